The predicted molar refractivity (Wildman–Crippen MR) is 71.9 cm³/mol. The number of carboxylic acids is 1. The first-order chi connectivity index (χ1) is 8.58. The molecule has 5 heteroatoms. The third-order valence-corrected chi connectivity index (χ3v) is 3.79. The topological polar surface area (TPSA) is 40.5 Å². The van der Waals surface area contributed by atoms with Gasteiger partial charge in [-0.05, 0) is 31.3 Å². The van der Waals surface area contributed by atoms with Crippen LogP contribution < -0.4 is 0 Å². The summed E-state index contributed by atoms with van der Waals surface area (Å²) in [6, 6.07) is 3.90. The number of halogens is 1. The lowest BCUT2D eigenvalue weighted by Crippen LogP contribution is -2.25. The van der Waals surface area contributed by atoms with E-state index in [1.54, 1.807) is 0 Å². The summed E-state index contributed by atoms with van der Waals surface area (Å²) in [6.45, 7) is 7.04. The molecule has 1 aromatic rings. The number of carbonyl (C=O) groups is 1. The van der Waals surface area contributed by atoms with Gasteiger partial charge in [0, 0.05) is 17.2 Å². The van der Waals surface area contributed by atoms with Gasteiger partial charge in [0.25, 0.3) is 0 Å². The van der Waals surface area contributed by atoms with E-state index in [9.17, 15) is 9.18 Å². The van der Waals surface area contributed by atoms with E-state index >= 15 is 0 Å². The summed E-state index contributed by atoms with van der Waals surface area (Å²) >= 11 is 1.45. The second-order valence-electron chi connectivity index (χ2n) is 3.82. The van der Waals surface area contributed by atoms with Crippen LogP contribution in [0.2, 0.25) is 0 Å². The minimum atomic E-state index is -1.08. The average molecular weight is 271 g/mol. The molecule has 18 heavy (non-hydrogen) atoms. The molecule has 0 spiro atoms. The maximum Gasteiger partial charge on any atom is 0.336 e. The van der Waals surface area contributed by atoms with E-state index in [1.807, 2.05) is 0 Å². The molecule has 100 valence electrons. The fourth-order valence-corrected chi connectivity index (χ4v) is 2.66. The van der Waals surface area contributed by atoms with Crippen molar-refractivity contribution < 1.29 is 14.3 Å². The van der Waals surface area contributed by atoms with E-state index in [1.165, 1.54) is 23.9 Å². The van der Waals surface area contributed by atoms with Crippen molar-refractivity contribution in [3.63, 3.8) is 0 Å². The second kappa shape index (κ2) is 7.38. The Morgan fingerprint density at radius 2 is 2.06 bits per heavy atom. The molecular weight excluding hydrogens is 253 g/mol. The van der Waals surface area contributed by atoms with Crippen LogP contribution in [0, 0.1) is 5.82 Å². The monoisotopic (exact) mass is 271 g/mol. The van der Waals surface area contributed by atoms with Crippen molar-refractivity contribution in [3.05, 3.63) is 29.6 Å². The Balaban J connectivity index is 2.64. The van der Waals surface area contributed by atoms with Crippen LogP contribution in [0.15, 0.2) is 23.1 Å². The van der Waals surface area contributed by atoms with Gasteiger partial charge in [0.05, 0.1) is 5.56 Å². The van der Waals surface area contributed by atoms with Gasteiger partial charge in [0.1, 0.15) is 5.82 Å². The highest BCUT2D eigenvalue weighted by molar-refractivity contribution is 7.99. The fraction of sp³-hybridized carbons (Fsp3) is 0.462. The molecule has 0 radical (unpaired) electrons. The zero-order chi connectivity index (χ0) is 13.5. The highest BCUT2D eigenvalue weighted by atomic mass is 32.2. The zero-order valence-corrected chi connectivity index (χ0v) is 11.5. The minimum Gasteiger partial charge on any atom is -0.478 e. The van der Waals surface area contributed by atoms with E-state index < -0.39 is 11.8 Å². The third-order valence-electron chi connectivity index (χ3n) is 2.73. The van der Waals surface area contributed by atoms with E-state index in [0.29, 0.717) is 4.90 Å². The molecule has 0 aliphatic carbocycles. The SMILES string of the molecule is CCN(CC)CCSc1ccc(F)cc1C(=O)O. The molecule has 0 unspecified atom stereocenters. The minimum absolute atomic E-state index is 0.0412. The van der Waals surface area contributed by atoms with Gasteiger partial charge in [0.2, 0.25) is 0 Å². The van der Waals surface area contributed by atoms with Crippen molar-refractivity contribution in [1.29, 1.82) is 0 Å². The number of carboxylic acid groups (broad SMARTS) is 1. The first-order valence-corrected chi connectivity index (χ1v) is 6.95. The van der Waals surface area contributed by atoms with Gasteiger partial charge < -0.3 is 10.0 Å². The number of thioether (sulfide) groups is 1. The Labute approximate surface area is 111 Å². The summed E-state index contributed by atoms with van der Waals surface area (Å²) in [5.74, 6) is -0.798. The smallest absolute Gasteiger partial charge is 0.336 e. The van der Waals surface area contributed by atoms with Gasteiger partial charge in [-0.1, -0.05) is 13.8 Å². The van der Waals surface area contributed by atoms with Crippen molar-refractivity contribution in [2.24, 2.45) is 0 Å². The van der Waals surface area contributed by atoms with Crippen molar-refractivity contribution in [2.75, 3.05) is 25.4 Å². The molecule has 0 amide bonds. The fourth-order valence-electron chi connectivity index (χ4n) is 1.62. The van der Waals surface area contributed by atoms with Gasteiger partial charge in [-0.3, -0.25) is 0 Å². The summed E-state index contributed by atoms with van der Waals surface area (Å²) in [5.41, 5.74) is 0.0412. The van der Waals surface area contributed by atoms with Crippen LogP contribution in [0.5, 0.6) is 0 Å². The van der Waals surface area contributed by atoms with Crippen LogP contribution in [0.25, 0.3) is 0 Å². The van der Waals surface area contributed by atoms with E-state index in [0.717, 1.165) is 31.5 Å². The van der Waals surface area contributed by atoms with Gasteiger partial charge in [0.15, 0.2) is 0 Å². The standard InChI is InChI=1S/C13H18FNO2S/c1-3-15(4-2)7-8-18-12-6-5-10(14)9-11(12)13(16)17/h5-6,9H,3-4,7-8H2,1-2H3,(H,16,17). The summed E-state index contributed by atoms with van der Waals surface area (Å²) in [5, 5.41) is 9.00. The normalized spacial score (nSPS) is 10.9. The first-order valence-electron chi connectivity index (χ1n) is 5.96. The average Bonchev–Trinajstić information content (AvgIpc) is 2.36. The lowest BCUT2D eigenvalue weighted by Gasteiger charge is -2.17. The quantitative estimate of drug-likeness (QED) is 0.774. The Morgan fingerprint density at radius 1 is 1.39 bits per heavy atom. The summed E-state index contributed by atoms with van der Waals surface area (Å²) in [6.07, 6.45) is 0. The van der Waals surface area contributed by atoms with Crippen molar-refractivity contribution >= 4 is 17.7 Å². The molecule has 0 heterocycles. The molecular formula is C13H18FNO2S. The third kappa shape index (κ3) is 4.31. The maximum absolute atomic E-state index is 13.0. The largest absolute Gasteiger partial charge is 0.478 e. The maximum atomic E-state index is 13.0. The number of hydrogen-bond donors (Lipinski definition) is 1. The number of nitrogens with zero attached hydrogens (tertiary/aromatic N) is 1. The molecule has 1 aromatic carbocycles. The van der Waals surface area contributed by atoms with Crippen molar-refractivity contribution in [1.82, 2.24) is 4.90 Å². The molecule has 0 atom stereocenters. The molecule has 3 nitrogen and oxygen atoms in total. The second-order valence-corrected chi connectivity index (χ2v) is 4.96. The summed E-state index contributed by atoms with van der Waals surface area (Å²) in [4.78, 5) is 13.9. The molecule has 0 aromatic heterocycles. The molecule has 1 rings (SSSR count). The number of hydrogen-bond acceptors (Lipinski definition) is 3. The number of rotatable bonds is 7. The predicted octanol–water partition coefficient (Wildman–Crippen LogP) is 2.96. The lowest BCUT2D eigenvalue weighted by atomic mass is 10.2. The van der Waals surface area contributed by atoms with Gasteiger partial charge >= 0.3 is 5.97 Å². The number of aromatic carboxylic acids is 1. The highest BCUT2D eigenvalue weighted by Crippen LogP contribution is 2.23. The molecule has 0 aliphatic heterocycles. The Kier molecular flexibility index (Phi) is 6.15. The lowest BCUT2D eigenvalue weighted by molar-refractivity contribution is 0.0692. The van der Waals surface area contributed by atoms with Crippen LogP contribution in [-0.2, 0) is 0 Å². The molecule has 0 aliphatic rings. The highest BCUT2D eigenvalue weighted by Gasteiger charge is 2.11. The summed E-state index contributed by atoms with van der Waals surface area (Å²) < 4.78 is 13.0. The Morgan fingerprint density at radius 3 is 2.61 bits per heavy atom. The van der Waals surface area contributed by atoms with E-state index in [-0.39, 0.29) is 5.56 Å². The molecule has 0 fully saturated rings. The van der Waals surface area contributed by atoms with Crippen molar-refractivity contribution in [2.45, 2.75) is 18.7 Å². The molecule has 0 saturated carbocycles. The van der Waals surface area contributed by atoms with Crippen LogP contribution in [0.1, 0.15) is 24.2 Å². The molecule has 1 N–H and O–H groups in total. The zero-order valence-electron chi connectivity index (χ0n) is 10.6. The molecule has 0 saturated heterocycles. The Hall–Kier alpha value is -1.07. The van der Waals surface area contributed by atoms with Crippen LogP contribution in [0.4, 0.5) is 4.39 Å². The first kappa shape index (κ1) is 15.0. The van der Waals surface area contributed by atoms with Crippen LogP contribution >= 0.6 is 11.8 Å². The van der Waals surface area contributed by atoms with Crippen molar-refractivity contribution in [3.8, 4) is 0 Å². The van der Waals surface area contributed by atoms with Gasteiger partial charge in [-0.25, -0.2) is 9.18 Å². The van der Waals surface area contributed by atoms with Gasteiger partial charge in [-0.15, -0.1) is 11.8 Å². The molecule has 0 bridgehead atoms. The number of benzene rings is 1. The Bertz CT molecular complexity index is 408. The van der Waals surface area contributed by atoms with Crippen LogP contribution in [0.3, 0.4) is 0 Å². The van der Waals surface area contributed by atoms with E-state index in [4.69, 9.17) is 5.11 Å². The van der Waals surface area contributed by atoms with Gasteiger partial charge in [-0.2, -0.15) is 0 Å². The van der Waals surface area contributed by atoms with E-state index in [2.05, 4.69) is 18.7 Å². The van der Waals surface area contributed by atoms with Crippen LogP contribution in [-0.4, -0.2) is 41.4 Å². The summed E-state index contributed by atoms with van der Waals surface area (Å²) in [7, 11) is 0.